The summed E-state index contributed by atoms with van der Waals surface area (Å²) in [5.41, 5.74) is 0.599. The molecule has 0 radical (unpaired) electrons. The molecular formula is C11H9NO3S. The number of rotatable bonds is 3. The first-order chi connectivity index (χ1) is 7.67. The van der Waals surface area contributed by atoms with Crippen LogP contribution in [0.25, 0.3) is 0 Å². The maximum atomic E-state index is 10.6. The number of nitrogens with zero attached hydrogens (tertiary/aromatic N) is 1. The molecule has 0 fully saturated rings. The molecule has 0 saturated carbocycles. The van der Waals surface area contributed by atoms with Gasteiger partial charge in [0.05, 0.1) is 4.92 Å². The lowest BCUT2D eigenvalue weighted by Gasteiger charge is -1.95. The van der Waals surface area contributed by atoms with Gasteiger partial charge in [-0.2, -0.15) is 12.6 Å². The fraction of sp³-hybridized carbons (Fsp3) is 0.182. The summed E-state index contributed by atoms with van der Waals surface area (Å²) in [6.45, 7) is 0. The number of thiol groups is 1. The van der Waals surface area contributed by atoms with Crippen molar-refractivity contribution in [3.8, 4) is 11.8 Å². The average Bonchev–Trinajstić information content (AvgIpc) is 2.29. The Labute approximate surface area is 98.2 Å². The zero-order valence-corrected chi connectivity index (χ0v) is 9.24. The predicted octanol–water partition coefficient (Wildman–Crippen LogP) is 2.08. The van der Waals surface area contributed by atoms with Gasteiger partial charge in [-0.15, -0.1) is 0 Å². The van der Waals surface area contributed by atoms with Crippen molar-refractivity contribution < 1.29 is 9.72 Å². The highest BCUT2D eigenvalue weighted by molar-refractivity contribution is 7.80. The first-order valence-electron chi connectivity index (χ1n) is 4.51. The topological polar surface area (TPSA) is 60.2 Å². The van der Waals surface area contributed by atoms with Crippen LogP contribution in [0.3, 0.4) is 0 Å². The predicted molar refractivity (Wildman–Crippen MR) is 63.8 cm³/mol. The van der Waals surface area contributed by atoms with Gasteiger partial charge in [0.2, 0.25) is 0 Å². The zero-order valence-electron chi connectivity index (χ0n) is 8.34. The Bertz CT molecular complexity index is 474. The van der Waals surface area contributed by atoms with Crippen LogP contribution in [0, 0.1) is 22.0 Å². The number of hydrogen-bond acceptors (Lipinski definition) is 4. The molecule has 0 atom stereocenters. The van der Waals surface area contributed by atoms with Crippen LogP contribution in [0.1, 0.15) is 22.3 Å². The fourth-order valence-electron chi connectivity index (χ4n) is 1.10. The molecule has 0 aliphatic carbocycles. The molecule has 0 spiro atoms. The van der Waals surface area contributed by atoms with Gasteiger partial charge >= 0.3 is 0 Å². The van der Waals surface area contributed by atoms with E-state index in [-0.39, 0.29) is 11.3 Å². The van der Waals surface area contributed by atoms with Crippen molar-refractivity contribution in [2.75, 3.05) is 5.75 Å². The van der Waals surface area contributed by atoms with Crippen molar-refractivity contribution in [3.63, 3.8) is 0 Å². The SMILES string of the molecule is O=Cc1cc(C#CCCS)cc([N+](=O)[O-])c1. The summed E-state index contributed by atoms with van der Waals surface area (Å²) in [4.78, 5) is 20.6. The third kappa shape index (κ3) is 3.41. The molecule has 0 aliphatic heterocycles. The van der Waals surface area contributed by atoms with E-state index in [1.807, 2.05) is 0 Å². The quantitative estimate of drug-likeness (QED) is 0.287. The van der Waals surface area contributed by atoms with E-state index >= 15 is 0 Å². The molecule has 0 unspecified atom stereocenters. The molecule has 1 aromatic rings. The lowest BCUT2D eigenvalue weighted by atomic mass is 10.1. The van der Waals surface area contributed by atoms with Crippen LogP contribution in [0.2, 0.25) is 0 Å². The molecule has 5 heteroatoms. The smallest absolute Gasteiger partial charge is 0.271 e. The van der Waals surface area contributed by atoms with E-state index in [4.69, 9.17) is 0 Å². The highest BCUT2D eigenvalue weighted by atomic mass is 32.1. The highest BCUT2D eigenvalue weighted by Crippen LogP contribution is 2.15. The summed E-state index contributed by atoms with van der Waals surface area (Å²) >= 11 is 3.99. The molecule has 0 aromatic heterocycles. The van der Waals surface area contributed by atoms with Crippen molar-refractivity contribution in [2.24, 2.45) is 0 Å². The number of carbonyl (C=O) groups excluding carboxylic acids is 1. The molecule has 82 valence electrons. The van der Waals surface area contributed by atoms with Gasteiger partial charge in [-0.1, -0.05) is 11.8 Å². The van der Waals surface area contributed by atoms with Crippen molar-refractivity contribution >= 4 is 24.6 Å². The Hall–Kier alpha value is -1.80. The van der Waals surface area contributed by atoms with Crippen LogP contribution in [-0.2, 0) is 0 Å². The second kappa shape index (κ2) is 5.93. The number of carbonyl (C=O) groups is 1. The molecular weight excluding hydrogens is 226 g/mol. The maximum absolute atomic E-state index is 10.6. The van der Waals surface area contributed by atoms with Crippen molar-refractivity contribution in [1.82, 2.24) is 0 Å². The Balaban J connectivity index is 3.10. The molecule has 1 rings (SSSR count). The van der Waals surface area contributed by atoms with Crippen LogP contribution in [-0.4, -0.2) is 17.0 Å². The number of benzene rings is 1. The zero-order chi connectivity index (χ0) is 12.0. The second-order valence-corrected chi connectivity index (χ2v) is 3.41. The monoisotopic (exact) mass is 235 g/mol. The van der Waals surface area contributed by atoms with Gasteiger partial charge in [0.15, 0.2) is 0 Å². The van der Waals surface area contributed by atoms with Crippen molar-refractivity contribution in [1.29, 1.82) is 0 Å². The minimum Gasteiger partial charge on any atom is -0.298 e. The van der Waals surface area contributed by atoms with Gasteiger partial charge in [0, 0.05) is 35.4 Å². The van der Waals surface area contributed by atoms with E-state index in [1.54, 1.807) is 0 Å². The van der Waals surface area contributed by atoms with Crippen LogP contribution in [0.4, 0.5) is 5.69 Å². The largest absolute Gasteiger partial charge is 0.298 e. The highest BCUT2D eigenvalue weighted by Gasteiger charge is 2.08. The molecule has 0 heterocycles. The van der Waals surface area contributed by atoms with E-state index in [0.717, 1.165) is 0 Å². The van der Waals surface area contributed by atoms with Crippen molar-refractivity contribution in [2.45, 2.75) is 6.42 Å². The standard InChI is InChI=1S/C11H9NO3S/c13-8-10-5-9(3-1-2-4-16)6-11(7-10)12(14)15/h5-8,16H,2,4H2. The van der Waals surface area contributed by atoms with E-state index in [9.17, 15) is 14.9 Å². The molecule has 4 nitrogen and oxygen atoms in total. The number of aldehydes is 1. The third-order valence-electron chi connectivity index (χ3n) is 1.76. The summed E-state index contributed by atoms with van der Waals surface area (Å²) in [6.07, 6.45) is 1.17. The second-order valence-electron chi connectivity index (χ2n) is 2.96. The van der Waals surface area contributed by atoms with Crippen LogP contribution < -0.4 is 0 Å². The van der Waals surface area contributed by atoms with Crippen molar-refractivity contribution in [3.05, 3.63) is 39.4 Å². The van der Waals surface area contributed by atoms with Crippen LogP contribution in [0.15, 0.2) is 18.2 Å². The first-order valence-corrected chi connectivity index (χ1v) is 5.15. The molecule has 0 N–H and O–H groups in total. The van der Waals surface area contributed by atoms with Gasteiger partial charge in [-0.25, -0.2) is 0 Å². The lowest BCUT2D eigenvalue weighted by Crippen LogP contribution is -1.91. The first kappa shape index (κ1) is 12.3. The van der Waals surface area contributed by atoms with Crippen LogP contribution in [0.5, 0.6) is 0 Å². The maximum Gasteiger partial charge on any atom is 0.271 e. The molecule has 0 amide bonds. The molecule has 0 saturated heterocycles. The summed E-state index contributed by atoms with van der Waals surface area (Å²) in [5, 5.41) is 10.6. The summed E-state index contributed by atoms with van der Waals surface area (Å²) in [5.74, 6) is 6.18. The normalized spacial score (nSPS) is 9.06. The van der Waals surface area contributed by atoms with Gasteiger partial charge < -0.3 is 0 Å². The average molecular weight is 235 g/mol. The van der Waals surface area contributed by atoms with E-state index < -0.39 is 4.92 Å². The Morgan fingerprint density at radius 3 is 2.75 bits per heavy atom. The van der Waals surface area contributed by atoms with E-state index in [0.29, 0.717) is 24.0 Å². The van der Waals surface area contributed by atoms with E-state index in [1.165, 1.54) is 18.2 Å². The summed E-state index contributed by atoms with van der Waals surface area (Å²) < 4.78 is 0. The Morgan fingerprint density at radius 1 is 1.44 bits per heavy atom. The lowest BCUT2D eigenvalue weighted by molar-refractivity contribution is -0.384. The van der Waals surface area contributed by atoms with E-state index in [2.05, 4.69) is 24.5 Å². The number of non-ortho nitro benzene ring substituents is 1. The minimum absolute atomic E-state index is 0.125. The number of nitro groups is 1. The number of nitro benzene ring substituents is 1. The molecule has 1 aromatic carbocycles. The minimum atomic E-state index is -0.545. The summed E-state index contributed by atoms with van der Waals surface area (Å²) in [6, 6.07) is 4.08. The fourth-order valence-corrected chi connectivity index (χ4v) is 1.21. The summed E-state index contributed by atoms with van der Waals surface area (Å²) in [7, 11) is 0. The van der Waals surface area contributed by atoms with Gasteiger partial charge in [-0.05, 0) is 6.07 Å². The Kier molecular flexibility index (Phi) is 4.55. The number of hydrogen-bond donors (Lipinski definition) is 1. The third-order valence-corrected chi connectivity index (χ3v) is 1.98. The van der Waals surface area contributed by atoms with Gasteiger partial charge in [0.25, 0.3) is 5.69 Å². The molecule has 0 bridgehead atoms. The van der Waals surface area contributed by atoms with Gasteiger partial charge in [0.1, 0.15) is 6.29 Å². The molecule has 0 aliphatic rings. The molecule has 16 heavy (non-hydrogen) atoms. The Morgan fingerprint density at radius 2 is 2.19 bits per heavy atom. The van der Waals surface area contributed by atoms with Crippen LogP contribution >= 0.6 is 12.6 Å². The van der Waals surface area contributed by atoms with Gasteiger partial charge in [-0.3, -0.25) is 14.9 Å².